The van der Waals surface area contributed by atoms with Gasteiger partial charge in [0.15, 0.2) is 0 Å². The molecule has 0 bridgehead atoms. The fraction of sp³-hybridized carbons (Fsp3) is 0.370. The van der Waals surface area contributed by atoms with Crippen LogP contribution in [0.5, 0.6) is 0 Å². The SMILES string of the molecule is Cc1cccc2nc(NC(=O)c3cccc(C(F)(F)F)c3)n([C@H]3COCCN(C(=O)C=CCN(C)C)C3)c12. The van der Waals surface area contributed by atoms with Crippen LogP contribution in [0.3, 0.4) is 0 Å². The molecule has 1 aromatic heterocycles. The minimum atomic E-state index is -4.57. The van der Waals surface area contributed by atoms with E-state index in [9.17, 15) is 22.8 Å². The number of fused-ring (bicyclic) bond motifs is 1. The number of nitrogens with zero attached hydrogens (tertiary/aromatic N) is 4. The predicted octanol–water partition coefficient (Wildman–Crippen LogP) is 4.13. The number of ether oxygens (including phenoxy) is 1. The lowest BCUT2D eigenvalue weighted by Gasteiger charge is -2.25. The molecule has 3 aromatic rings. The van der Waals surface area contributed by atoms with Crippen LogP contribution in [0.25, 0.3) is 11.0 Å². The lowest BCUT2D eigenvalue weighted by molar-refractivity contribution is -0.137. The van der Waals surface area contributed by atoms with Crippen LogP contribution in [0, 0.1) is 6.92 Å². The van der Waals surface area contributed by atoms with E-state index in [1.165, 1.54) is 18.2 Å². The number of hydrogen-bond donors (Lipinski definition) is 1. The van der Waals surface area contributed by atoms with Crippen molar-refractivity contribution in [1.29, 1.82) is 0 Å². The summed E-state index contributed by atoms with van der Waals surface area (Å²) < 4.78 is 47.3. The Morgan fingerprint density at radius 1 is 1.21 bits per heavy atom. The fourth-order valence-corrected chi connectivity index (χ4v) is 4.39. The summed E-state index contributed by atoms with van der Waals surface area (Å²) in [5.74, 6) is -0.708. The minimum absolute atomic E-state index is 0.143. The fourth-order valence-electron chi connectivity index (χ4n) is 4.39. The van der Waals surface area contributed by atoms with Crippen LogP contribution in [0.15, 0.2) is 54.6 Å². The molecule has 0 aliphatic carbocycles. The molecule has 8 nitrogen and oxygen atoms in total. The van der Waals surface area contributed by atoms with E-state index in [2.05, 4.69) is 10.3 Å². The quantitative estimate of drug-likeness (QED) is 0.486. The van der Waals surface area contributed by atoms with E-state index in [4.69, 9.17) is 4.74 Å². The summed E-state index contributed by atoms with van der Waals surface area (Å²) in [5.41, 5.74) is 1.19. The Bertz CT molecular complexity index is 1350. The van der Waals surface area contributed by atoms with Crippen LogP contribution in [0.2, 0.25) is 0 Å². The molecule has 0 radical (unpaired) electrons. The number of imidazole rings is 1. The maximum atomic E-state index is 13.2. The molecule has 1 saturated heterocycles. The number of alkyl halides is 3. The van der Waals surface area contributed by atoms with Gasteiger partial charge < -0.3 is 19.1 Å². The number of benzene rings is 2. The number of carbonyl (C=O) groups is 2. The lowest BCUT2D eigenvalue weighted by Crippen LogP contribution is -2.36. The van der Waals surface area contributed by atoms with Gasteiger partial charge in [-0.2, -0.15) is 13.2 Å². The van der Waals surface area contributed by atoms with E-state index < -0.39 is 23.7 Å². The van der Waals surface area contributed by atoms with Gasteiger partial charge >= 0.3 is 6.18 Å². The van der Waals surface area contributed by atoms with E-state index in [0.29, 0.717) is 31.8 Å². The molecule has 1 N–H and O–H groups in total. The smallest absolute Gasteiger partial charge is 0.377 e. The second kappa shape index (κ2) is 11.4. The number of nitrogens with one attached hydrogen (secondary N) is 1. The van der Waals surface area contributed by atoms with Crippen LogP contribution < -0.4 is 5.32 Å². The molecule has 4 rings (SSSR count). The van der Waals surface area contributed by atoms with Crippen molar-refractivity contribution >= 4 is 28.8 Å². The molecule has 2 aromatic carbocycles. The lowest BCUT2D eigenvalue weighted by atomic mass is 10.1. The zero-order chi connectivity index (χ0) is 27.4. The summed E-state index contributed by atoms with van der Waals surface area (Å²) in [5, 5.41) is 2.70. The first-order valence-electron chi connectivity index (χ1n) is 12.2. The molecule has 202 valence electrons. The summed E-state index contributed by atoms with van der Waals surface area (Å²) in [6.45, 7) is 3.84. The number of hydrogen-bond acceptors (Lipinski definition) is 5. The Labute approximate surface area is 218 Å². The molecule has 0 spiro atoms. The Balaban J connectivity index is 1.68. The highest BCUT2D eigenvalue weighted by molar-refractivity contribution is 6.04. The average Bonchev–Trinajstić information content (AvgIpc) is 3.05. The van der Waals surface area contributed by atoms with Gasteiger partial charge in [-0.05, 0) is 50.8 Å². The number of aryl methyl sites for hydroxylation is 1. The van der Waals surface area contributed by atoms with Crippen molar-refractivity contribution in [2.24, 2.45) is 0 Å². The minimum Gasteiger partial charge on any atom is -0.377 e. The molecular weight excluding hydrogens is 499 g/mol. The highest BCUT2D eigenvalue weighted by Gasteiger charge is 2.31. The van der Waals surface area contributed by atoms with Crippen molar-refractivity contribution in [3.63, 3.8) is 0 Å². The maximum absolute atomic E-state index is 13.2. The second-order valence-corrected chi connectivity index (χ2v) is 9.46. The third kappa shape index (κ3) is 6.22. The Morgan fingerprint density at radius 2 is 1.97 bits per heavy atom. The average molecular weight is 530 g/mol. The molecule has 11 heteroatoms. The molecule has 1 fully saturated rings. The van der Waals surface area contributed by atoms with Gasteiger partial charge in [0.1, 0.15) is 0 Å². The van der Waals surface area contributed by atoms with Crippen LogP contribution in [0.1, 0.15) is 27.5 Å². The first-order chi connectivity index (χ1) is 18.0. The van der Waals surface area contributed by atoms with Crippen LogP contribution in [0.4, 0.5) is 19.1 Å². The number of halogens is 3. The highest BCUT2D eigenvalue weighted by atomic mass is 19.4. The summed E-state index contributed by atoms with van der Waals surface area (Å²) in [6, 6.07) is 9.37. The molecule has 1 aliphatic rings. The van der Waals surface area contributed by atoms with Crippen molar-refractivity contribution in [3.05, 3.63) is 71.3 Å². The number of carbonyl (C=O) groups excluding carboxylic acids is 2. The predicted molar refractivity (Wildman–Crippen MR) is 138 cm³/mol. The van der Waals surface area contributed by atoms with Gasteiger partial charge in [-0.1, -0.05) is 24.3 Å². The van der Waals surface area contributed by atoms with Gasteiger partial charge in [-0.15, -0.1) is 0 Å². The summed E-state index contributed by atoms with van der Waals surface area (Å²) in [6.07, 6.45) is -1.24. The molecule has 1 aliphatic heterocycles. The monoisotopic (exact) mass is 529 g/mol. The van der Waals surface area contributed by atoms with Crippen molar-refractivity contribution in [3.8, 4) is 0 Å². The molecule has 0 saturated carbocycles. The zero-order valence-corrected chi connectivity index (χ0v) is 21.5. The normalized spacial score (nSPS) is 16.8. The number of likely N-dealkylation sites (N-methyl/N-ethyl adjacent to an activating group) is 1. The number of amides is 2. The molecule has 38 heavy (non-hydrogen) atoms. The standard InChI is InChI=1S/C27H30F3N5O3/c1-18-7-4-10-22-24(18)35(21-16-34(13-14-38-17-21)23(36)11-6-12-33(2)3)26(31-22)32-25(37)19-8-5-9-20(15-19)27(28,29)30/h4-11,15,21H,12-14,16-17H2,1-3H3,(H,31,32,37)/t21-/m1/s1. The molecule has 1 atom stereocenters. The maximum Gasteiger partial charge on any atom is 0.416 e. The second-order valence-electron chi connectivity index (χ2n) is 9.46. The van der Waals surface area contributed by atoms with Crippen molar-refractivity contribution in [2.45, 2.75) is 19.1 Å². The third-order valence-corrected chi connectivity index (χ3v) is 6.24. The number of anilines is 1. The van der Waals surface area contributed by atoms with Crippen molar-refractivity contribution in [2.75, 3.05) is 52.3 Å². The van der Waals surface area contributed by atoms with Gasteiger partial charge in [0.2, 0.25) is 11.9 Å². The first-order valence-corrected chi connectivity index (χ1v) is 12.2. The Morgan fingerprint density at radius 3 is 2.71 bits per heavy atom. The molecule has 2 amide bonds. The number of para-hydroxylation sites is 1. The molecule has 0 unspecified atom stereocenters. The Kier molecular flexibility index (Phi) is 8.17. The zero-order valence-electron chi connectivity index (χ0n) is 21.5. The van der Waals surface area contributed by atoms with Crippen LogP contribution in [-0.4, -0.2) is 78.1 Å². The van der Waals surface area contributed by atoms with Crippen LogP contribution >= 0.6 is 0 Å². The van der Waals surface area contributed by atoms with Crippen molar-refractivity contribution in [1.82, 2.24) is 19.4 Å². The topological polar surface area (TPSA) is 79.7 Å². The third-order valence-electron chi connectivity index (χ3n) is 6.24. The van der Waals surface area contributed by atoms with Crippen molar-refractivity contribution < 1.29 is 27.5 Å². The number of rotatable bonds is 6. The summed E-state index contributed by atoms with van der Waals surface area (Å²) >= 11 is 0. The van der Waals surface area contributed by atoms with E-state index in [1.807, 2.05) is 42.6 Å². The van der Waals surface area contributed by atoms with Gasteiger partial charge in [0, 0.05) is 31.3 Å². The summed E-state index contributed by atoms with van der Waals surface area (Å²) in [7, 11) is 3.82. The van der Waals surface area contributed by atoms with Gasteiger partial charge in [0.05, 0.1) is 35.9 Å². The molecular formula is C27H30F3N5O3. The Hall–Kier alpha value is -3.70. The van der Waals surface area contributed by atoms with Crippen LogP contribution in [-0.2, 0) is 15.7 Å². The summed E-state index contributed by atoms with van der Waals surface area (Å²) in [4.78, 5) is 34.2. The highest BCUT2D eigenvalue weighted by Crippen LogP contribution is 2.31. The van der Waals surface area contributed by atoms with E-state index in [1.54, 1.807) is 17.0 Å². The largest absolute Gasteiger partial charge is 0.416 e. The van der Waals surface area contributed by atoms with E-state index in [-0.39, 0.29) is 24.0 Å². The number of aromatic nitrogens is 2. The first kappa shape index (κ1) is 27.3. The van der Waals surface area contributed by atoms with E-state index in [0.717, 1.165) is 23.2 Å². The van der Waals surface area contributed by atoms with Gasteiger partial charge in [-0.3, -0.25) is 14.9 Å². The van der Waals surface area contributed by atoms with E-state index >= 15 is 0 Å². The van der Waals surface area contributed by atoms with Gasteiger partial charge in [0.25, 0.3) is 5.91 Å². The van der Waals surface area contributed by atoms with Gasteiger partial charge in [-0.25, -0.2) is 4.98 Å². The molecule has 2 heterocycles.